The molecule has 1 heterocycles. The Morgan fingerprint density at radius 3 is 2.50 bits per heavy atom. The van der Waals surface area contributed by atoms with Crippen molar-refractivity contribution in [3.8, 4) is 0 Å². The van der Waals surface area contributed by atoms with Gasteiger partial charge < -0.3 is 10.6 Å². The topological polar surface area (TPSA) is 76.3 Å². The number of nitrogens with zero attached hydrogens (tertiary/aromatic N) is 2. The second-order valence-electron chi connectivity index (χ2n) is 3.99. The van der Waals surface area contributed by atoms with Gasteiger partial charge in [-0.3, -0.25) is 9.59 Å². The lowest BCUT2D eigenvalue weighted by Gasteiger charge is -2.25. The molecule has 0 unspecified atom stereocenters. The van der Waals surface area contributed by atoms with Crippen LogP contribution in [0.2, 0.25) is 10.2 Å². The minimum Gasteiger partial charge on any atom is -0.368 e. The first kappa shape index (κ1) is 14.7. The Balaban J connectivity index is 3.02. The Hall–Kier alpha value is -1.33. The van der Waals surface area contributed by atoms with Crippen molar-refractivity contribution in [3.63, 3.8) is 0 Å². The zero-order chi connectivity index (χ0) is 13.9. The third-order valence-electron chi connectivity index (χ3n) is 2.25. The summed E-state index contributed by atoms with van der Waals surface area (Å²) in [6, 6.07) is 1.25. The molecule has 1 rings (SSSR count). The molecule has 1 aromatic rings. The van der Waals surface area contributed by atoms with Crippen molar-refractivity contribution in [3.05, 3.63) is 28.0 Å². The fourth-order valence-corrected chi connectivity index (χ4v) is 1.63. The summed E-state index contributed by atoms with van der Waals surface area (Å²) >= 11 is 11.5. The van der Waals surface area contributed by atoms with Gasteiger partial charge in [-0.25, -0.2) is 4.98 Å². The minimum absolute atomic E-state index is 0.124. The van der Waals surface area contributed by atoms with Crippen LogP contribution in [0, 0.1) is 0 Å². The standard InChI is InChI=1S/C11H13Cl2N3O2/c1-6(2)16(5-9(14)17)11(18)7-3-8(12)10(13)15-4-7/h3-4,6H,5H2,1-2H3,(H2,14,17). The van der Waals surface area contributed by atoms with Gasteiger partial charge in [0.1, 0.15) is 5.15 Å². The number of hydrogen-bond acceptors (Lipinski definition) is 3. The highest BCUT2D eigenvalue weighted by atomic mass is 35.5. The molecule has 0 saturated carbocycles. The molecule has 0 spiro atoms. The second-order valence-corrected chi connectivity index (χ2v) is 4.75. The molecular weight excluding hydrogens is 277 g/mol. The highest BCUT2D eigenvalue weighted by molar-refractivity contribution is 6.41. The third-order valence-corrected chi connectivity index (χ3v) is 2.94. The highest BCUT2D eigenvalue weighted by Gasteiger charge is 2.21. The first-order chi connectivity index (χ1) is 8.32. The number of primary amides is 1. The Morgan fingerprint density at radius 1 is 1.44 bits per heavy atom. The first-order valence-electron chi connectivity index (χ1n) is 5.23. The number of aromatic nitrogens is 1. The molecule has 0 fully saturated rings. The van der Waals surface area contributed by atoms with E-state index >= 15 is 0 Å². The van der Waals surface area contributed by atoms with Gasteiger partial charge >= 0.3 is 0 Å². The second kappa shape index (κ2) is 6.02. The number of nitrogens with two attached hydrogens (primary N) is 1. The van der Waals surface area contributed by atoms with E-state index < -0.39 is 5.91 Å². The van der Waals surface area contributed by atoms with E-state index in [1.807, 2.05) is 0 Å². The molecule has 0 radical (unpaired) electrons. The van der Waals surface area contributed by atoms with Crippen molar-refractivity contribution in [2.45, 2.75) is 19.9 Å². The number of amides is 2. The maximum atomic E-state index is 12.2. The summed E-state index contributed by atoms with van der Waals surface area (Å²) in [6.07, 6.45) is 1.31. The molecule has 0 aliphatic heterocycles. The molecule has 5 nitrogen and oxygen atoms in total. The van der Waals surface area contributed by atoms with E-state index in [4.69, 9.17) is 28.9 Å². The molecule has 2 N–H and O–H groups in total. The molecule has 0 aromatic carbocycles. The SMILES string of the molecule is CC(C)N(CC(N)=O)C(=O)c1cnc(Cl)c(Cl)c1. The lowest BCUT2D eigenvalue weighted by molar-refractivity contribution is -0.119. The van der Waals surface area contributed by atoms with Gasteiger partial charge in [0.2, 0.25) is 5.91 Å². The van der Waals surface area contributed by atoms with Gasteiger partial charge in [0, 0.05) is 12.2 Å². The first-order valence-corrected chi connectivity index (χ1v) is 5.98. The highest BCUT2D eigenvalue weighted by Crippen LogP contribution is 2.20. The largest absolute Gasteiger partial charge is 0.368 e. The van der Waals surface area contributed by atoms with Crippen LogP contribution in [0.5, 0.6) is 0 Å². The molecule has 18 heavy (non-hydrogen) atoms. The van der Waals surface area contributed by atoms with E-state index in [0.717, 1.165) is 0 Å². The van der Waals surface area contributed by atoms with E-state index in [-0.39, 0.29) is 34.2 Å². The summed E-state index contributed by atoms with van der Waals surface area (Å²) in [5.41, 5.74) is 5.37. The van der Waals surface area contributed by atoms with Crippen LogP contribution < -0.4 is 5.73 Å². The predicted octanol–water partition coefficient (Wildman–Crippen LogP) is 1.72. The van der Waals surface area contributed by atoms with Crippen molar-refractivity contribution >= 4 is 35.0 Å². The van der Waals surface area contributed by atoms with E-state index in [1.54, 1.807) is 13.8 Å². The van der Waals surface area contributed by atoms with Crippen molar-refractivity contribution in [2.75, 3.05) is 6.54 Å². The molecule has 2 amide bonds. The van der Waals surface area contributed by atoms with Crippen molar-refractivity contribution in [1.29, 1.82) is 0 Å². The zero-order valence-electron chi connectivity index (χ0n) is 9.98. The molecule has 7 heteroatoms. The fourth-order valence-electron chi connectivity index (χ4n) is 1.36. The van der Waals surface area contributed by atoms with Crippen LogP contribution in [0.15, 0.2) is 12.3 Å². The number of pyridine rings is 1. The van der Waals surface area contributed by atoms with E-state index in [2.05, 4.69) is 4.98 Å². The average molecular weight is 290 g/mol. The van der Waals surface area contributed by atoms with Crippen LogP contribution in [0.1, 0.15) is 24.2 Å². The van der Waals surface area contributed by atoms with Gasteiger partial charge in [-0.05, 0) is 19.9 Å². The number of carbonyl (C=O) groups excluding carboxylic acids is 2. The number of hydrogen-bond donors (Lipinski definition) is 1. The van der Waals surface area contributed by atoms with Gasteiger partial charge in [0.25, 0.3) is 5.91 Å². The van der Waals surface area contributed by atoms with Crippen LogP contribution in [0.25, 0.3) is 0 Å². The van der Waals surface area contributed by atoms with Crippen molar-refractivity contribution < 1.29 is 9.59 Å². The van der Waals surface area contributed by atoms with Gasteiger partial charge in [0.15, 0.2) is 0 Å². The summed E-state index contributed by atoms with van der Waals surface area (Å²) in [4.78, 5) is 28.2. The Labute approximate surface area is 115 Å². The van der Waals surface area contributed by atoms with Crippen LogP contribution in [-0.4, -0.2) is 34.3 Å². The van der Waals surface area contributed by atoms with Gasteiger partial charge in [-0.2, -0.15) is 0 Å². The molecule has 1 aromatic heterocycles. The lowest BCUT2D eigenvalue weighted by Crippen LogP contribution is -2.42. The predicted molar refractivity (Wildman–Crippen MR) is 69.6 cm³/mol. The maximum Gasteiger partial charge on any atom is 0.256 e. The Bertz CT molecular complexity index is 477. The number of halogens is 2. The fraction of sp³-hybridized carbons (Fsp3) is 0.364. The van der Waals surface area contributed by atoms with Crippen LogP contribution in [0.4, 0.5) is 0 Å². The maximum absolute atomic E-state index is 12.2. The van der Waals surface area contributed by atoms with E-state index in [9.17, 15) is 9.59 Å². The Kier molecular flexibility index (Phi) is 4.93. The molecule has 98 valence electrons. The molecule has 0 aliphatic carbocycles. The summed E-state index contributed by atoms with van der Waals surface area (Å²) in [6.45, 7) is 3.41. The molecule has 0 saturated heterocycles. The normalized spacial score (nSPS) is 10.5. The molecular formula is C11H13Cl2N3O2. The monoisotopic (exact) mass is 289 g/mol. The van der Waals surface area contributed by atoms with E-state index in [0.29, 0.717) is 0 Å². The lowest BCUT2D eigenvalue weighted by atomic mass is 10.2. The van der Waals surface area contributed by atoms with Crippen LogP contribution in [-0.2, 0) is 4.79 Å². The smallest absolute Gasteiger partial charge is 0.256 e. The zero-order valence-corrected chi connectivity index (χ0v) is 11.5. The van der Waals surface area contributed by atoms with Gasteiger partial charge in [0.05, 0.1) is 17.1 Å². The molecule has 0 bridgehead atoms. The summed E-state index contributed by atoms with van der Waals surface area (Å²) in [7, 11) is 0. The molecule has 0 atom stereocenters. The van der Waals surface area contributed by atoms with Crippen LogP contribution in [0.3, 0.4) is 0 Å². The third kappa shape index (κ3) is 3.58. The minimum atomic E-state index is -0.579. The number of carbonyl (C=O) groups is 2. The summed E-state index contributed by atoms with van der Waals surface area (Å²) in [5.74, 6) is -0.945. The van der Waals surface area contributed by atoms with Crippen molar-refractivity contribution in [1.82, 2.24) is 9.88 Å². The summed E-state index contributed by atoms with van der Waals surface area (Å²) in [5, 5.41) is 0.310. The quantitative estimate of drug-likeness (QED) is 0.858. The number of rotatable bonds is 4. The summed E-state index contributed by atoms with van der Waals surface area (Å²) < 4.78 is 0. The van der Waals surface area contributed by atoms with E-state index in [1.165, 1.54) is 17.2 Å². The molecule has 0 aliphatic rings. The Morgan fingerprint density at radius 2 is 2.06 bits per heavy atom. The van der Waals surface area contributed by atoms with Crippen molar-refractivity contribution in [2.24, 2.45) is 5.73 Å². The average Bonchev–Trinajstić information content (AvgIpc) is 2.28. The van der Waals surface area contributed by atoms with Gasteiger partial charge in [-0.15, -0.1) is 0 Å². The van der Waals surface area contributed by atoms with Gasteiger partial charge in [-0.1, -0.05) is 23.2 Å². The van der Waals surface area contributed by atoms with Crippen LogP contribution >= 0.6 is 23.2 Å².